The fraction of sp³-hybridized carbons (Fsp3) is 0.714. The van der Waals surface area contributed by atoms with Gasteiger partial charge in [0.25, 0.3) is 0 Å². The third kappa shape index (κ3) is 17.9. The molecule has 0 aromatic heterocycles. The normalized spacial score (nSPS) is 31.6. The Morgan fingerprint density at radius 2 is 0.948 bits per heavy atom. The van der Waals surface area contributed by atoms with Crippen molar-refractivity contribution < 1.29 is 38.1 Å². The highest BCUT2D eigenvalue weighted by molar-refractivity contribution is 5.72. The van der Waals surface area contributed by atoms with Gasteiger partial charge in [-0.1, -0.05) is 167 Å². The number of rotatable bonds is 26. The quantitative estimate of drug-likeness (QED) is 0.0236. The van der Waals surface area contributed by atoms with Crippen molar-refractivity contribution in [3.63, 3.8) is 0 Å². The Balaban J connectivity index is 0.553. The van der Waals surface area contributed by atoms with E-state index >= 15 is 0 Å². The molecule has 0 bridgehead atoms. The lowest BCUT2D eigenvalue weighted by molar-refractivity contribution is -0.152. The maximum absolute atomic E-state index is 13.0. The molecular formula is C84H120N4O8. The number of carbonyl (C=O) groups is 4. The van der Waals surface area contributed by atoms with Crippen molar-refractivity contribution in [2.24, 2.45) is 103 Å². The maximum atomic E-state index is 13.0. The second kappa shape index (κ2) is 33.3. The van der Waals surface area contributed by atoms with Crippen LogP contribution >= 0.6 is 0 Å². The molecule has 0 spiro atoms. The molecule has 6 saturated carbocycles. The molecule has 2 aromatic carbocycles. The molecule has 12 nitrogen and oxygen atoms in total. The predicted octanol–water partition coefficient (Wildman–Crippen LogP) is 20.5. The van der Waals surface area contributed by atoms with E-state index in [1.807, 2.05) is 48.5 Å². The van der Waals surface area contributed by atoms with Gasteiger partial charge in [0.15, 0.2) is 0 Å². The first-order valence-electron chi connectivity index (χ1n) is 38.3. The van der Waals surface area contributed by atoms with Gasteiger partial charge in [-0.15, -0.1) is 0 Å². The monoisotopic (exact) mass is 1310 g/mol. The van der Waals surface area contributed by atoms with Crippen LogP contribution in [0.1, 0.15) is 260 Å². The zero-order valence-electron chi connectivity index (χ0n) is 60.6. The molecule has 0 radical (unpaired) electrons. The largest absolute Gasteiger partial charge is 0.462 e. The van der Waals surface area contributed by atoms with Gasteiger partial charge < -0.3 is 29.6 Å². The van der Waals surface area contributed by atoms with Gasteiger partial charge in [-0.25, -0.2) is 9.59 Å². The second-order valence-electron chi connectivity index (χ2n) is 33.0. The smallest absolute Gasteiger partial charge is 0.407 e. The number of ether oxygens (including phenoxy) is 4. The molecule has 2 amide bonds. The third-order valence-electron chi connectivity index (χ3n) is 26.1. The Hall–Kier alpha value is -5.88. The fourth-order valence-corrected chi connectivity index (χ4v) is 21.0. The van der Waals surface area contributed by atoms with Gasteiger partial charge in [0.1, 0.15) is 12.2 Å². The van der Waals surface area contributed by atoms with Crippen molar-refractivity contribution in [1.82, 2.24) is 10.6 Å². The number of hydrogen-bond donors (Lipinski definition) is 2. The van der Waals surface area contributed by atoms with E-state index in [1.54, 1.807) is 0 Å². The number of fused-ring (bicyclic) bond motifs is 10. The van der Waals surface area contributed by atoms with E-state index < -0.39 is 12.2 Å². The summed E-state index contributed by atoms with van der Waals surface area (Å²) in [6, 6.07) is 15.1. The number of nitrogens with one attached hydrogen (secondary N) is 2. The van der Waals surface area contributed by atoms with E-state index in [9.17, 15) is 19.2 Å². The summed E-state index contributed by atoms with van der Waals surface area (Å²) < 4.78 is 22.8. The average Bonchev–Trinajstić information content (AvgIpc) is 1.36. The molecule has 0 aliphatic heterocycles. The highest BCUT2D eigenvalue weighted by Gasteiger charge is 2.61. The molecule has 8 aliphatic rings. The van der Waals surface area contributed by atoms with Crippen molar-refractivity contribution in [3.8, 4) is 23.7 Å². The van der Waals surface area contributed by atoms with Crippen molar-refractivity contribution in [2.45, 2.75) is 261 Å². The topological polar surface area (TPSA) is 154 Å². The summed E-state index contributed by atoms with van der Waals surface area (Å²) in [5.41, 5.74) is 7.31. The summed E-state index contributed by atoms with van der Waals surface area (Å²) in [7, 11) is 0. The molecule has 0 unspecified atom stereocenters. The number of allylic oxidation sites excluding steroid dienone is 2. The first kappa shape index (κ1) is 72.9. The molecule has 8 aliphatic carbocycles. The zero-order valence-corrected chi connectivity index (χ0v) is 60.6. The van der Waals surface area contributed by atoms with Gasteiger partial charge in [0, 0.05) is 49.9 Å². The fourth-order valence-electron chi connectivity index (χ4n) is 21.0. The van der Waals surface area contributed by atoms with Crippen molar-refractivity contribution in [3.05, 3.63) is 83.0 Å². The molecule has 2 N–H and O–H groups in total. The average molecular weight is 1310 g/mol. The predicted molar refractivity (Wildman–Crippen MR) is 383 cm³/mol. The summed E-state index contributed by atoms with van der Waals surface area (Å²) >= 11 is 0. The molecule has 10 rings (SSSR count). The van der Waals surface area contributed by atoms with E-state index in [4.69, 9.17) is 18.9 Å². The van der Waals surface area contributed by atoms with Crippen LogP contribution in [-0.4, -0.2) is 62.6 Å². The minimum Gasteiger partial charge on any atom is -0.462 e. The minimum absolute atomic E-state index is 0.103. The van der Waals surface area contributed by atoms with Crippen LogP contribution in [0.15, 0.2) is 82.1 Å². The second-order valence-corrected chi connectivity index (χ2v) is 33.0. The van der Waals surface area contributed by atoms with Crippen LogP contribution in [-0.2, 0) is 28.5 Å². The molecule has 0 saturated heterocycles. The van der Waals surface area contributed by atoms with Gasteiger partial charge in [0.2, 0.25) is 0 Å². The maximum Gasteiger partial charge on any atom is 0.407 e. The molecule has 6 fully saturated rings. The van der Waals surface area contributed by atoms with Gasteiger partial charge >= 0.3 is 24.1 Å². The highest BCUT2D eigenvalue weighted by Crippen LogP contribution is 2.69. The van der Waals surface area contributed by atoms with Gasteiger partial charge in [-0.05, 0) is 232 Å². The molecule has 96 heavy (non-hydrogen) atoms. The Kier molecular flexibility index (Phi) is 25.3. The van der Waals surface area contributed by atoms with Crippen molar-refractivity contribution in [2.75, 3.05) is 26.3 Å². The van der Waals surface area contributed by atoms with Crippen LogP contribution in [0.3, 0.4) is 0 Å². The van der Waals surface area contributed by atoms with Crippen LogP contribution in [0.5, 0.6) is 0 Å². The van der Waals surface area contributed by atoms with E-state index in [0.717, 1.165) is 121 Å². The van der Waals surface area contributed by atoms with E-state index in [0.29, 0.717) is 47.9 Å². The summed E-state index contributed by atoms with van der Waals surface area (Å²) in [6.45, 7) is 25.7. The lowest BCUT2D eigenvalue weighted by atomic mass is 9.47. The van der Waals surface area contributed by atoms with Gasteiger partial charge in [0.05, 0.1) is 37.4 Å². The molecule has 524 valence electrons. The number of alkyl carbamates (subject to hydrolysis) is 2. The Morgan fingerprint density at radius 1 is 0.521 bits per heavy atom. The number of nitrogens with zero attached hydrogens (tertiary/aromatic N) is 2. The molecule has 2 aromatic rings. The first-order valence-corrected chi connectivity index (χ1v) is 38.3. The Bertz CT molecular complexity index is 3010. The molecule has 12 heteroatoms. The lowest BCUT2D eigenvalue weighted by Gasteiger charge is -2.58. The van der Waals surface area contributed by atoms with E-state index in [2.05, 4.69) is 126 Å². The standard InChI is InChI=1S/C84H120N4O8/c1-57(2)21-17-23-59(5)71-35-37-73-69-33-31-63-55-67(39-45-81(63,7)75(69)41-47-83(71,73)9)95-77(89)43-49-85-79(91)93-51-15-11-13-25-61-27-19-29-65(53-61)87-88-66-30-20-28-62(54-66)26-14-12-16-52-94-80(92)86-50-44-78(90)96-68-40-46-82(8)64(56-68)32-34-70-74-38-36-72(60(6)24-18-22-58(3)4)84(74,10)48-42-76(70)82/h19-20,27-32,53-54,57-60,67-76H,11-12,15-18,21-24,33-52,55-56H2,1-10H3,(H,85,91)(H,86,92)/t59-,60-,67+,68+,69+,70+,71-,72-,73+,74+,75+,76+,81+,82+,83-,84-/m1/s1. The summed E-state index contributed by atoms with van der Waals surface area (Å²) in [5, 5.41) is 14.3. The first-order chi connectivity index (χ1) is 46.1. The van der Waals surface area contributed by atoms with Crippen LogP contribution in [0.4, 0.5) is 21.0 Å². The summed E-state index contributed by atoms with van der Waals surface area (Å²) in [5.74, 6) is 21.7. The minimum atomic E-state index is -0.548. The molecule has 16 atom stereocenters. The lowest BCUT2D eigenvalue weighted by Crippen LogP contribution is -2.51. The number of unbranched alkanes of at least 4 members (excludes halogenated alkanes) is 2. The van der Waals surface area contributed by atoms with Crippen LogP contribution in [0.2, 0.25) is 0 Å². The van der Waals surface area contributed by atoms with Gasteiger partial charge in [-0.2, -0.15) is 10.2 Å². The number of azo groups is 1. The van der Waals surface area contributed by atoms with Crippen molar-refractivity contribution >= 4 is 35.5 Å². The van der Waals surface area contributed by atoms with E-state index in [1.165, 1.54) is 114 Å². The summed E-state index contributed by atoms with van der Waals surface area (Å²) in [4.78, 5) is 51.0. The van der Waals surface area contributed by atoms with Crippen molar-refractivity contribution in [1.29, 1.82) is 0 Å². The highest BCUT2D eigenvalue weighted by atomic mass is 16.6. The number of carbonyl (C=O) groups excluding carboxylic acids is 4. The molecular weight excluding hydrogens is 1190 g/mol. The van der Waals surface area contributed by atoms with Gasteiger partial charge in [-0.3, -0.25) is 9.59 Å². The van der Waals surface area contributed by atoms with Crippen LogP contribution in [0.25, 0.3) is 0 Å². The number of benzene rings is 2. The molecule has 0 heterocycles. The Morgan fingerprint density at radius 3 is 1.36 bits per heavy atom. The van der Waals surface area contributed by atoms with E-state index in [-0.39, 0.29) is 74.1 Å². The number of amides is 2. The Labute approximate surface area is 578 Å². The third-order valence-corrected chi connectivity index (χ3v) is 26.1. The number of esters is 2. The zero-order chi connectivity index (χ0) is 68.0. The number of hydrogen-bond acceptors (Lipinski definition) is 10. The van der Waals surface area contributed by atoms with Crippen LogP contribution < -0.4 is 10.6 Å². The SMILES string of the molecule is CC(C)CCC[C@@H](C)[C@H]1CC[C@H]2[C@@H]3CC=C4C[C@@H](OC(=O)CCNC(=O)OCCCC#Cc5cccc(N=Nc6cccc(C#CCCCOC(=O)NCCC(=O)O[C@H]7CC[C@@]8(C)C(=CC[C@H]9[C@@H]%10CC[C@H]([C@H](C)CCCC(C)C)[C@@]%10(C)CC[C@@H]98)C7)c6)c5)CC[C@]4(C)[C@H]3CC[C@]12C. The summed E-state index contributed by atoms with van der Waals surface area (Å²) in [6.07, 6.45) is 33.4. The van der Waals surface area contributed by atoms with Crippen LogP contribution in [0, 0.1) is 116 Å².